The molecule has 138 valence electrons. The molecule has 0 aliphatic heterocycles. The van der Waals surface area contributed by atoms with Gasteiger partial charge in [-0.15, -0.1) is 24.0 Å². The van der Waals surface area contributed by atoms with E-state index < -0.39 is 0 Å². The number of ether oxygens (including phenoxy) is 1. The van der Waals surface area contributed by atoms with Gasteiger partial charge in [0, 0.05) is 52.3 Å². The lowest BCUT2D eigenvalue weighted by molar-refractivity contribution is 0.123. The summed E-state index contributed by atoms with van der Waals surface area (Å²) in [5, 5.41) is 4.11. The highest BCUT2D eigenvalue weighted by Crippen LogP contribution is 2.28. The number of guanidine groups is 1. The summed E-state index contributed by atoms with van der Waals surface area (Å²) in [5.74, 6) is 1.76. The monoisotopic (exact) mass is 468 g/mol. The second-order valence-corrected chi connectivity index (χ2v) is 6.66. The smallest absolute Gasteiger partial charge is 0.194 e. The van der Waals surface area contributed by atoms with Crippen LogP contribution in [0.15, 0.2) is 17.3 Å². The summed E-state index contributed by atoms with van der Waals surface area (Å²) in [7, 11) is 4.06. The molecule has 24 heavy (non-hydrogen) atoms. The van der Waals surface area contributed by atoms with Gasteiger partial charge in [0.05, 0.1) is 11.6 Å². The quantitative estimate of drug-likeness (QED) is 0.261. The number of aryl methyl sites for hydroxylation is 1. The largest absolute Gasteiger partial charge is 0.381 e. The van der Waals surface area contributed by atoms with Gasteiger partial charge in [-0.05, 0) is 38.2 Å². The zero-order valence-corrected chi connectivity index (χ0v) is 18.0. The molecule has 0 aromatic carbocycles. The molecule has 1 fully saturated rings. The number of hydrogen-bond donors (Lipinski definition) is 1. The average Bonchev–Trinajstić information content (AvgIpc) is 3.27. The molecule has 7 heteroatoms. The Hall–Kier alpha value is -0.470. The Morgan fingerprint density at radius 3 is 2.83 bits per heavy atom. The van der Waals surface area contributed by atoms with Crippen molar-refractivity contribution in [2.45, 2.75) is 32.7 Å². The molecule has 0 spiro atoms. The van der Waals surface area contributed by atoms with Crippen molar-refractivity contribution in [2.24, 2.45) is 18.0 Å². The predicted octanol–water partition coefficient (Wildman–Crippen LogP) is 3.51. The fraction of sp³-hybridized carbons (Fsp3) is 0.706. The first-order valence-electron chi connectivity index (χ1n) is 8.48. The van der Waals surface area contributed by atoms with Crippen LogP contribution < -0.4 is 5.32 Å². The van der Waals surface area contributed by atoms with Gasteiger partial charge in [-0.3, -0.25) is 4.99 Å². The third kappa shape index (κ3) is 7.61. The lowest BCUT2D eigenvalue weighted by atomic mass is 10.4. The third-order valence-electron chi connectivity index (χ3n) is 3.93. The Kier molecular flexibility index (Phi) is 10.1. The average molecular weight is 469 g/mol. The highest BCUT2D eigenvalue weighted by molar-refractivity contribution is 14.0. The van der Waals surface area contributed by atoms with Crippen LogP contribution in [-0.2, 0) is 18.3 Å². The van der Waals surface area contributed by atoms with E-state index in [1.807, 2.05) is 30.9 Å². The van der Waals surface area contributed by atoms with Gasteiger partial charge in [0.1, 0.15) is 0 Å². The van der Waals surface area contributed by atoms with Crippen LogP contribution in [-0.4, -0.2) is 48.8 Å². The normalized spacial score (nSPS) is 14.4. The first-order valence-corrected chi connectivity index (χ1v) is 8.86. The number of halogens is 2. The minimum atomic E-state index is 0. The van der Waals surface area contributed by atoms with E-state index in [-0.39, 0.29) is 24.0 Å². The number of nitrogens with one attached hydrogen (secondary N) is 1. The molecule has 1 saturated carbocycles. The fourth-order valence-corrected chi connectivity index (χ4v) is 2.67. The summed E-state index contributed by atoms with van der Waals surface area (Å²) >= 11 is 6.05. The van der Waals surface area contributed by atoms with Gasteiger partial charge >= 0.3 is 0 Å². The highest BCUT2D eigenvalue weighted by Gasteiger charge is 2.20. The summed E-state index contributed by atoms with van der Waals surface area (Å²) in [6.45, 7) is 6.23. The van der Waals surface area contributed by atoms with Crippen LogP contribution in [0.5, 0.6) is 0 Å². The van der Waals surface area contributed by atoms with Crippen molar-refractivity contribution in [1.29, 1.82) is 0 Å². The molecule has 1 heterocycles. The number of aliphatic imine (C=N–C) groups is 1. The number of hydrogen-bond acceptors (Lipinski definition) is 2. The van der Waals surface area contributed by atoms with Gasteiger partial charge in [-0.25, -0.2) is 0 Å². The second-order valence-electron chi connectivity index (χ2n) is 6.22. The Morgan fingerprint density at radius 1 is 1.50 bits per heavy atom. The summed E-state index contributed by atoms with van der Waals surface area (Å²) < 4.78 is 7.70. The van der Waals surface area contributed by atoms with Gasteiger partial charge in [0.25, 0.3) is 0 Å². The Morgan fingerprint density at radius 2 is 2.25 bits per heavy atom. The van der Waals surface area contributed by atoms with Crippen LogP contribution in [0.2, 0.25) is 5.02 Å². The molecule has 1 aliphatic carbocycles. The standard InChI is InChI=1S/C17H29ClN4O.HI/c1-4-19-17(20-8-5-9-23-13-14-6-7-14)22(3)12-16-10-15(18)11-21(16)2;/h10-11,14H,4-9,12-13H2,1-3H3,(H,19,20);1H. The predicted molar refractivity (Wildman–Crippen MR) is 111 cm³/mol. The van der Waals surface area contributed by atoms with E-state index in [9.17, 15) is 0 Å². The molecule has 0 saturated heterocycles. The summed E-state index contributed by atoms with van der Waals surface area (Å²) in [4.78, 5) is 6.81. The molecule has 0 atom stereocenters. The molecule has 2 rings (SSSR count). The molecule has 0 bridgehead atoms. The summed E-state index contributed by atoms with van der Waals surface area (Å²) in [6, 6.07) is 1.99. The van der Waals surface area contributed by atoms with E-state index in [4.69, 9.17) is 16.3 Å². The number of nitrogens with zero attached hydrogens (tertiary/aromatic N) is 3. The van der Waals surface area contributed by atoms with E-state index in [1.165, 1.54) is 12.8 Å². The third-order valence-corrected chi connectivity index (χ3v) is 4.14. The molecule has 1 N–H and O–H groups in total. The van der Waals surface area contributed by atoms with Crippen molar-refractivity contribution >= 4 is 41.5 Å². The van der Waals surface area contributed by atoms with Crippen LogP contribution in [0, 0.1) is 5.92 Å². The minimum Gasteiger partial charge on any atom is -0.381 e. The van der Waals surface area contributed by atoms with Crippen molar-refractivity contribution in [1.82, 2.24) is 14.8 Å². The first-order chi connectivity index (χ1) is 11.1. The molecule has 1 aromatic rings. The lowest BCUT2D eigenvalue weighted by Crippen LogP contribution is -2.39. The van der Waals surface area contributed by atoms with E-state index >= 15 is 0 Å². The van der Waals surface area contributed by atoms with Gasteiger partial charge in [0.15, 0.2) is 5.96 Å². The van der Waals surface area contributed by atoms with Crippen molar-refractivity contribution in [3.63, 3.8) is 0 Å². The molecule has 1 aromatic heterocycles. The Balaban J connectivity index is 0.00000288. The first kappa shape index (κ1) is 21.6. The van der Waals surface area contributed by atoms with Crippen LogP contribution in [0.1, 0.15) is 31.9 Å². The second kappa shape index (κ2) is 11.2. The molecule has 0 amide bonds. The fourth-order valence-electron chi connectivity index (χ4n) is 2.40. The highest BCUT2D eigenvalue weighted by atomic mass is 127. The lowest BCUT2D eigenvalue weighted by Gasteiger charge is -2.22. The molecular weight excluding hydrogens is 439 g/mol. The van der Waals surface area contributed by atoms with Crippen molar-refractivity contribution in [3.8, 4) is 0 Å². The zero-order valence-electron chi connectivity index (χ0n) is 14.9. The number of aromatic nitrogens is 1. The molecule has 0 radical (unpaired) electrons. The molecule has 5 nitrogen and oxygen atoms in total. The Labute approximate surface area is 167 Å². The zero-order chi connectivity index (χ0) is 16.7. The maximum Gasteiger partial charge on any atom is 0.194 e. The van der Waals surface area contributed by atoms with Crippen molar-refractivity contribution in [3.05, 3.63) is 23.0 Å². The van der Waals surface area contributed by atoms with E-state index in [0.717, 1.165) is 61.9 Å². The van der Waals surface area contributed by atoms with E-state index in [1.54, 1.807) is 0 Å². The minimum absolute atomic E-state index is 0. The molecular formula is C17H30ClIN4O. The Bertz CT molecular complexity index is 517. The summed E-state index contributed by atoms with van der Waals surface area (Å²) in [5.41, 5.74) is 1.16. The van der Waals surface area contributed by atoms with Crippen LogP contribution in [0.4, 0.5) is 0 Å². The van der Waals surface area contributed by atoms with Crippen LogP contribution in [0.25, 0.3) is 0 Å². The number of rotatable bonds is 9. The van der Waals surface area contributed by atoms with Crippen molar-refractivity contribution in [2.75, 3.05) is 33.4 Å². The summed E-state index contributed by atoms with van der Waals surface area (Å²) in [6.07, 6.45) is 5.57. The van der Waals surface area contributed by atoms with Gasteiger partial charge in [-0.2, -0.15) is 0 Å². The van der Waals surface area contributed by atoms with E-state index in [0.29, 0.717) is 0 Å². The van der Waals surface area contributed by atoms with Crippen LogP contribution in [0.3, 0.4) is 0 Å². The van der Waals surface area contributed by atoms with Crippen LogP contribution >= 0.6 is 35.6 Å². The molecule has 1 aliphatic rings. The van der Waals surface area contributed by atoms with E-state index in [2.05, 4.69) is 22.1 Å². The topological polar surface area (TPSA) is 41.8 Å². The van der Waals surface area contributed by atoms with Gasteiger partial charge in [-0.1, -0.05) is 11.6 Å². The van der Waals surface area contributed by atoms with Gasteiger partial charge < -0.3 is 19.5 Å². The van der Waals surface area contributed by atoms with Gasteiger partial charge in [0.2, 0.25) is 0 Å². The SMILES string of the molecule is CCNC(=NCCCOCC1CC1)N(C)Cc1cc(Cl)cn1C.I. The maximum absolute atomic E-state index is 6.05. The molecule has 0 unspecified atom stereocenters. The van der Waals surface area contributed by atoms with Crippen molar-refractivity contribution < 1.29 is 4.74 Å². The maximum atomic E-state index is 6.05.